The van der Waals surface area contributed by atoms with E-state index in [1.54, 1.807) is 0 Å². The van der Waals surface area contributed by atoms with E-state index < -0.39 is 0 Å². The Labute approximate surface area is 113 Å². The zero-order valence-corrected chi connectivity index (χ0v) is 11.0. The Balaban J connectivity index is 1.70. The van der Waals surface area contributed by atoms with Gasteiger partial charge in [0.05, 0.1) is 6.61 Å². The van der Waals surface area contributed by atoms with E-state index in [1.165, 1.54) is 0 Å². The highest BCUT2D eigenvalue weighted by molar-refractivity contribution is 5.85. The molecule has 0 unspecified atom stereocenters. The molecule has 0 radical (unpaired) electrons. The van der Waals surface area contributed by atoms with E-state index in [9.17, 15) is 4.79 Å². The van der Waals surface area contributed by atoms with Crippen LogP contribution < -0.4 is 0 Å². The minimum atomic E-state index is -0.344. The highest BCUT2D eigenvalue weighted by atomic mass is 16.5. The molecule has 3 rings (SSSR count). The molecule has 0 N–H and O–H groups in total. The molecule has 3 atom stereocenters. The van der Waals surface area contributed by atoms with Gasteiger partial charge in [0.25, 0.3) is 5.91 Å². The SMILES string of the molecule is C=C[C@H]1[C@@H](OCc2ccccc2)C(=O)N2CCC[C@@H]12. The fourth-order valence-electron chi connectivity index (χ4n) is 3.22. The Hall–Kier alpha value is -1.61. The first kappa shape index (κ1) is 12.4. The molecule has 2 aliphatic heterocycles. The van der Waals surface area contributed by atoms with Crippen LogP contribution in [0.5, 0.6) is 0 Å². The molecule has 2 fully saturated rings. The number of carbonyl (C=O) groups is 1. The summed E-state index contributed by atoms with van der Waals surface area (Å²) in [6.07, 6.45) is 3.73. The van der Waals surface area contributed by atoms with E-state index >= 15 is 0 Å². The lowest BCUT2D eigenvalue weighted by atomic mass is 9.96. The summed E-state index contributed by atoms with van der Waals surface area (Å²) in [5.74, 6) is 0.280. The number of nitrogens with zero attached hydrogens (tertiary/aromatic N) is 1. The van der Waals surface area contributed by atoms with Crippen LogP contribution in [0.1, 0.15) is 18.4 Å². The number of ether oxygens (including phenoxy) is 1. The zero-order valence-electron chi connectivity index (χ0n) is 11.0. The molecule has 19 heavy (non-hydrogen) atoms. The molecule has 2 saturated heterocycles. The van der Waals surface area contributed by atoms with E-state index in [0.717, 1.165) is 24.9 Å². The number of rotatable bonds is 4. The first-order valence-electron chi connectivity index (χ1n) is 6.90. The van der Waals surface area contributed by atoms with Crippen molar-refractivity contribution in [3.63, 3.8) is 0 Å². The van der Waals surface area contributed by atoms with E-state index in [-0.39, 0.29) is 17.9 Å². The summed E-state index contributed by atoms with van der Waals surface area (Å²) in [6.45, 7) is 5.25. The summed E-state index contributed by atoms with van der Waals surface area (Å²) in [5.41, 5.74) is 1.10. The average molecular weight is 257 g/mol. The monoisotopic (exact) mass is 257 g/mol. The lowest BCUT2D eigenvalue weighted by molar-refractivity contribution is -0.138. The summed E-state index contributed by atoms with van der Waals surface area (Å²) >= 11 is 0. The van der Waals surface area contributed by atoms with Crippen molar-refractivity contribution >= 4 is 5.91 Å². The van der Waals surface area contributed by atoms with Crippen LogP contribution in [-0.4, -0.2) is 29.5 Å². The number of carbonyl (C=O) groups excluding carboxylic acids is 1. The van der Waals surface area contributed by atoms with Crippen molar-refractivity contribution in [2.45, 2.75) is 31.6 Å². The van der Waals surface area contributed by atoms with Gasteiger partial charge < -0.3 is 9.64 Å². The maximum Gasteiger partial charge on any atom is 0.252 e. The summed E-state index contributed by atoms with van der Waals surface area (Å²) in [4.78, 5) is 14.3. The summed E-state index contributed by atoms with van der Waals surface area (Å²) in [7, 11) is 0. The molecule has 100 valence electrons. The molecular formula is C16H19NO2. The highest BCUT2D eigenvalue weighted by Gasteiger charge is 2.49. The molecule has 0 aliphatic carbocycles. The number of benzene rings is 1. The highest BCUT2D eigenvalue weighted by Crippen LogP contribution is 2.36. The van der Waals surface area contributed by atoms with Crippen LogP contribution in [0.4, 0.5) is 0 Å². The molecule has 1 amide bonds. The molecular weight excluding hydrogens is 238 g/mol. The predicted octanol–water partition coefficient (Wildman–Crippen LogP) is 2.38. The number of hydrogen-bond acceptors (Lipinski definition) is 2. The van der Waals surface area contributed by atoms with Crippen molar-refractivity contribution in [1.82, 2.24) is 4.90 Å². The third-order valence-corrected chi connectivity index (χ3v) is 4.16. The molecule has 1 aromatic carbocycles. The normalized spacial score (nSPS) is 29.6. The Morgan fingerprint density at radius 1 is 1.37 bits per heavy atom. The molecule has 0 saturated carbocycles. The Bertz CT molecular complexity index is 471. The summed E-state index contributed by atoms with van der Waals surface area (Å²) < 4.78 is 5.88. The van der Waals surface area contributed by atoms with Crippen molar-refractivity contribution in [3.8, 4) is 0 Å². The van der Waals surface area contributed by atoms with Gasteiger partial charge in [-0.05, 0) is 18.4 Å². The van der Waals surface area contributed by atoms with Crippen LogP contribution in [0.2, 0.25) is 0 Å². The van der Waals surface area contributed by atoms with Gasteiger partial charge in [-0.15, -0.1) is 6.58 Å². The fourth-order valence-corrected chi connectivity index (χ4v) is 3.22. The molecule has 2 aliphatic rings. The molecule has 3 nitrogen and oxygen atoms in total. The van der Waals surface area contributed by atoms with Crippen LogP contribution in [0.3, 0.4) is 0 Å². The van der Waals surface area contributed by atoms with Crippen LogP contribution in [0, 0.1) is 5.92 Å². The quantitative estimate of drug-likeness (QED) is 0.775. The van der Waals surface area contributed by atoms with E-state index in [0.29, 0.717) is 12.6 Å². The van der Waals surface area contributed by atoms with Crippen LogP contribution in [0.25, 0.3) is 0 Å². The smallest absolute Gasteiger partial charge is 0.252 e. The minimum Gasteiger partial charge on any atom is -0.363 e. The maximum absolute atomic E-state index is 12.3. The lowest BCUT2D eigenvalue weighted by Crippen LogP contribution is -2.31. The molecule has 1 aromatic rings. The van der Waals surface area contributed by atoms with Gasteiger partial charge in [-0.2, -0.15) is 0 Å². The van der Waals surface area contributed by atoms with Crippen molar-refractivity contribution < 1.29 is 9.53 Å². The molecule has 0 spiro atoms. The molecule has 0 aromatic heterocycles. The molecule has 2 heterocycles. The first-order chi connectivity index (χ1) is 9.31. The largest absolute Gasteiger partial charge is 0.363 e. The molecule has 3 heteroatoms. The third kappa shape index (κ3) is 2.19. The van der Waals surface area contributed by atoms with E-state index in [4.69, 9.17) is 4.74 Å². The van der Waals surface area contributed by atoms with Gasteiger partial charge in [-0.25, -0.2) is 0 Å². The second kappa shape index (κ2) is 5.17. The van der Waals surface area contributed by atoms with Crippen molar-refractivity contribution in [2.24, 2.45) is 5.92 Å². The van der Waals surface area contributed by atoms with Crippen LogP contribution >= 0.6 is 0 Å². The maximum atomic E-state index is 12.3. The van der Waals surface area contributed by atoms with Gasteiger partial charge in [0.1, 0.15) is 6.10 Å². The topological polar surface area (TPSA) is 29.5 Å². The number of amides is 1. The summed E-state index contributed by atoms with van der Waals surface area (Å²) in [5, 5.41) is 0. The second-order valence-corrected chi connectivity index (χ2v) is 5.27. The molecule has 0 bridgehead atoms. The van der Waals surface area contributed by atoms with Gasteiger partial charge >= 0.3 is 0 Å². The number of hydrogen-bond donors (Lipinski definition) is 0. The minimum absolute atomic E-state index is 0.138. The third-order valence-electron chi connectivity index (χ3n) is 4.16. The lowest BCUT2D eigenvalue weighted by Gasteiger charge is -2.18. The van der Waals surface area contributed by atoms with Gasteiger partial charge in [0.2, 0.25) is 0 Å². The van der Waals surface area contributed by atoms with Crippen molar-refractivity contribution in [2.75, 3.05) is 6.54 Å². The number of fused-ring (bicyclic) bond motifs is 1. The van der Waals surface area contributed by atoms with Crippen LogP contribution in [0.15, 0.2) is 43.0 Å². The zero-order chi connectivity index (χ0) is 13.2. The van der Waals surface area contributed by atoms with Crippen molar-refractivity contribution in [1.29, 1.82) is 0 Å². The fraction of sp³-hybridized carbons (Fsp3) is 0.438. The van der Waals surface area contributed by atoms with Crippen molar-refractivity contribution in [3.05, 3.63) is 48.6 Å². The first-order valence-corrected chi connectivity index (χ1v) is 6.90. The second-order valence-electron chi connectivity index (χ2n) is 5.27. The predicted molar refractivity (Wildman–Crippen MR) is 73.4 cm³/mol. The average Bonchev–Trinajstić information content (AvgIpc) is 3.00. The Morgan fingerprint density at radius 2 is 2.16 bits per heavy atom. The van der Waals surface area contributed by atoms with Gasteiger partial charge in [-0.1, -0.05) is 36.4 Å². The van der Waals surface area contributed by atoms with Crippen LogP contribution in [-0.2, 0) is 16.1 Å². The Kier molecular flexibility index (Phi) is 3.38. The van der Waals surface area contributed by atoms with Gasteiger partial charge in [-0.3, -0.25) is 4.79 Å². The van der Waals surface area contributed by atoms with E-state index in [1.807, 2.05) is 41.3 Å². The van der Waals surface area contributed by atoms with Gasteiger partial charge in [0, 0.05) is 18.5 Å². The Morgan fingerprint density at radius 3 is 2.89 bits per heavy atom. The van der Waals surface area contributed by atoms with Gasteiger partial charge in [0.15, 0.2) is 0 Å². The van der Waals surface area contributed by atoms with E-state index in [2.05, 4.69) is 6.58 Å². The summed E-state index contributed by atoms with van der Waals surface area (Å²) in [6, 6.07) is 10.3. The standard InChI is InChI=1S/C16H19NO2/c1-2-13-14-9-6-10-17(14)16(18)15(13)19-11-12-7-4-3-5-8-12/h2-5,7-8,13-15H,1,6,9-11H2/t13-,14+,15-/m1/s1.